The van der Waals surface area contributed by atoms with Crippen LogP contribution in [0.5, 0.6) is 0 Å². The second-order valence-electron chi connectivity index (χ2n) is 5.98. The highest BCUT2D eigenvalue weighted by Crippen LogP contribution is 2.31. The van der Waals surface area contributed by atoms with Crippen LogP contribution in [0.15, 0.2) is 36.5 Å². The van der Waals surface area contributed by atoms with Crippen molar-refractivity contribution in [2.75, 3.05) is 13.1 Å². The molecule has 0 radical (unpaired) electrons. The van der Waals surface area contributed by atoms with Crippen LogP contribution in [0, 0.1) is 0 Å². The third-order valence-corrected chi connectivity index (χ3v) is 6.30. The second kappa shape index (κ2) is 5.70. The second-order valence-corrected chi connectivity index (χ2v) is 7.94. The molecule has 3 heterocycles. The molecule has 2 aromatic rings. The van der Waals surface area contributed by atoms with E-state index in [1.807, 2.05) is 35.0 Å². The lowest BCUT2D eigenvalue weighted by atomic mass is 10.0. The van der Waals surface area contributed by atoms with Gasteiger partial charge in [0.15, 0.2) is 0 Å². The molecule has 1 fully saturated rings. The van der Waals surface area contributed by atoms with Crippen LogP contribution in [0.25, 0.3) is 0 Å². The van der Waals surface area contributed by atoms with Gasteiger partial charge in [-0.1, -0.05) is 35.5 Å². The minimum Gasteiger partial charge on any atom is -0.368 e. The van der Waals surface area contributed by atoms with E-state index in [2.05, 4.69) is 10.3 Å². The lowest BCUT2D eigenvalue weighted by Crippen LogP contribution is -2.50. The molecule has 0 aliphatic carbocycles. The number of aromatic nitrogens is 3. The van der Waals surface area contributed by atoms with Crippen molar-refractivity contribution in [1.29, 1.82) is 0 Å². The molecule has 2 aliphatic heterocycles. The summed E-state index contributed by atoms with van der Waals surface area (Å²) in [6.07, 6.45) is 2.23. The lowest BCUT2D eigenvalue weighted by Gasteiger charge is -2.40. The van der Waals surface area contributed by atoms with Gasteiger partial charge in [0.2, 0.25) is 10.0 Å². The molecule has 0 unspecified atom stereocenters. The molecule has 0 spiro atoms. The predicted octanol–water partition coefficient (Wildman–Crippen LogP) is 0.954. The molecule has 0 saturated carbocycles. The van der Waals surface area contributed by atoms with Gasteiger partial charge < -0.3 is 4.74 Å². The molecule has 0 bridgehead atoms. The van der Waals surface area contributed by atoms with Crippen LogP contribution >= 0.6 is 0 Å². The van der Waals surface area contributed by atoms with Crippen molar-refractivity contribution < 1.29 is 13.2 Å². The Hall–Kier alpha value is -1.77. The molecular formula is C15H18N4O3S. The minimum atomic E-state index is -3.34. The topological polar surface area (TPSA) is 77.3 Å². The maximum atomic E-state index is 12.7. The molecule has 2 atom stereocenters. The molecule has 2 aliphatic rings. The fraction of sp³-hybridized carbons (Fsp3) is 0.467. The maximum Gasteiger partial charge on any atom is 0.218 e. The molecule has 4 rings (SSSR count). The van der Waals surface area contributed by atoms with Crippen LogP contribution in [0.1, 0.15) is 23.7 Å². The van der Waals surface area contributed by atoms with E-state index >= 15 is 0 Å². The number of nitrogens with zero attached hydrogens (tertiary/aromatic N) is 4. The summed E-state index contributed by atoms with van der Waals surface area (Å²) in [4.78, 5) is 0. The molecule has 1 aromatic carbocycles. The molecule has 0 N–H and O–H groups in total. The lowest BCUT2D eigenvalue weighted by molar-refractivity contribution is -0.0544. The summed E-state index contributed by atoms with van der Waals surface area (Å²) in [6.45, 7) is 1.29. The Morgan fingerprint density at radius 3 is 2.91 bits per heavy atom. The quantitative estimate of drug-likeness (QED) is 0.835. The van der Waals surface area contributed by atoms with Crippen molar-refractivity contribution in [3.8, 4) is 0 Å². The summed E-state index contributed by atoms with van der Waals surface area (Å²) in [6, 6.07) is 9.34. The van der Waals surface area contributed by atoms with Gasteiger partial charge in [0, 0.05) is 13.1 Å². The number of fused-ring (bicyclic) bond motifs is 3. The smallest absolute Gasteiger partial charge is 0.218 e. The zero-order valence-electron chi connectivity index (χ0n) is 12.6. The average molecular weight is 334 g/mol. The number of hydrogen-bond acceptors (Lipinski definition) is 5. The van der Waals surface area contributed by atoms with Gasteiger partial charge in [-0.25, -0.2) is 13.1 Å². The number of benzene rings is 1. The summed E-state index contributed by atoms with van der Waals surface area (Å²) in [5.41, 5.74) is 1.75. The Bertz CT molecular complexity index is 790. The van der Waals surface area contributed by atoms with Crippen LogP contribution in [-0.2, 0) is 27.1 Å². The summed E-state index contributed by atoms with van der Waals surface area (Å²) in [5.74, 6) is 0.0276. The Kier molecular flexibility index (Phi) is 3.67. The Morgan fingerprint density at radius 2 is 2.09 bits per heavy atom. The zero-order chi connectivity index (χ0) is 15.9. The fourth-order valence-electron chi connectivity index (χ4n) is 3.29. The Balaban J connectivity index is 1.50. The molecule has 122 valence electrons. The molecule has 7 nitrogen and oxygen atoms in total. The fourth-order valence-corrected chi connectivity index (χ4v) is 4.84. The highest BCUT2D eigenvalue weighted by atomic mass is 32.2. The van der Waals surface area contributed by atoms with Crippen molar-refractivity contribution in [3.63, 3.8) is 0 Å². The van der Waals surface area contributed by atoms with E-state index in [0.29, 0.717) is 26.1 Å². The molecule has 23 heavy (non-hydrogen) atoms. The SMILES string of the molecule is O=S(=O)(Cc1ccccc1)N1CC[C@H]2[C@H](C1)OCc1cnnn12. The summed E-state index contributed by atoms with van der Waals surface area (Å²) < 4.78 is 34.6. The van der Waals surface area contributed by atoms with E-state index in [0.717, 1.165) is 11.3 Å². The maximum absolute atomic E-state index is 12.7. The molecular weight excluding hydrogens is 316 g/mol. The third kappa shape index (κ3) is 2.77. The van der Waals surface area contributed by atoms with Crippen molar-refractivity contribution in [2.45, 2.75) is 30.9 Å². The monoisotopic (exact) mass is 334 g/mol. The number of sulfonamides is 1. The molecule has 1 saturated heterocycles. The van der Waals surface area contributed by atoms with Crippen LogP contribution in [0.4, 0.5) is 0 Å². The van der Waals surface area contributed by atoms with Crippen molar-refractivity contribution in [1.82, 2.24) is 19.3 Å². The standard InChI is InChI=1S/C15H18N4O3S/c20-23(21,11-12-4-2-1-3-5-12)18-7-6-14-15(9-18)22-10-13-8-16-17-19(13)14/h1-5,8,14-15H,6-7,9-11H2/t14-,15-/m0/s1. The van der Waals surface area contributed by atoms with Gasteiger partial charge >= 0.3 is 0 Å². The van der Waals surface area contributed by atoms with Crippen molar-refractivity contribution >= 4 is 10.0 Å². The van der Waals surface area contributed by atoms with E-state index < -0.39 is 10.0 Å². The van der Waals surface area contributed by atoms with Crippen molar-refractivity contribution in [3.05, 3.63) is 47.8 Å². The normalized spacial score (nSPS) is 24.9. The van der Waals surface area contributed by atoms with Gasteiger partial charge in [-0.05, 0) is 12.0 Å². The van der Waals surface area contributed by atoms with Gasteiger partial charge in [-0.2, -0.15) is 4.31 Å². The Labute approximate surface area is 134 Å². The first kappa shape index (κ1) is 14.8. The van der Waals surface area contributed by atoms with Gasteiger partial charge in [0.05, 0.1) is 36.4 Å². The molecule has 1 aromatic heterocycles. The number of hydrogen-bond donors (Lipinski definition) is 0. The van der Waals surface area contributed by atoms with Gasteiger partial charge in [0.1, 0.15) is 0 Å². The van der Waals surface area contributed by atoms with E-state index in [4.69, 9.17) is 4.74 Å². The van der Waals surface area contributed by atoms with Crippen LogP contribution in [0.3, 0.4) is 0 Å². The first-order valence-corrected chi connectivity index (χ1v) is 9.27. The van der Waals surface area contributed by atoms with E-state index in [-0.39, 0.29) is 17.9 Å². The molecule has 8 heteroatoms. The summed E-state index contributed by atoms with van der Waals surface area (Å²) >= 11 is 0. The molecule has 0 amide bonds. The van der Waals surface area contributed by atoms with Crippen molar-refractivity contribution in [2.24, 2.45) is 0 Å². The van der Waals surface area contributed by atoms with Crippen LogP contribution in [0.2, 0.25) is 0 Å². The third-order valence-electron chi connectivity index (χ3n) is 4.48. The van der Waals surface area contributed by atoms with Crippen LogP contribution < -0.4 is 0 Å². The number of rotatable bonds is 3. The van der Waals surface area contributed by atoms with Gasteiger partial charge in [-0.3, -0.25) is 0 Å². The minimum absolute atomic E-state index is 0.0276. The van der Waals surface area contributed by atoms with Crippen LogP contribution in [-0.4, -0.2) is 46.9 Å². The van der Waals surface area contributed by atoms with Gasteiger partial charge in [0.25, 0.3) is 0 Å². The van der Waals surface area contributed by atoms with E-state index in [1.165, 1.54) is 0 Å². The first-order valence-electron chi connectivity index (χ1n) is 7.66. The highest BCUT2D eigenvalue weighted by Gasteiger charge is 2.39. The number of piperidine rings is 1. The van der Waals surface area contributed by atoms with E-state index in [9.17, 15) is 8.42 Å². The average Bonchev–Trinajstić information content (AvgIpc) is 3.04. The van der Waals surface area contributed by atoms with E-state index in [1.54, 1.807) is 10.5 Å². The highest BCUT2D eigenvalue weighted by molar-refractivity contribution is 7.88. The van der Waals surface area contributed by atoms with Gasteiger partial charge in [-0.15, -0.1) is 5.10 Å². The number of ether oxygens (including phenoxy) is 1. The Morgan fingerprint density at radius 1 is 1.26 bits per heavy atom. The first-order chi connectivity index (χ1) is 11.1. The summed E-state index contributed by atoms with van der Waals surface area (Å²) in [7, 11) is -3.34. The largest absolute Gasteiger partial charge is 0.368 e. The zero-order valence-corrected chi connectivity index (χ0v) is 13.4. The summed E-state index contributed by atoms with van der Waals surface area (Å²) in [5, 5.41) is 8.03. The predicted molar refractivity (Wildman–Crippen MR) is 82.9 cm³/mol.